The van der Waals surface area contributed by atoms with Gasteiger partial charge in [0.2, 0.25) is 10.0 Å². The Hall–Kier alpha value is -2.88. The zero-order chi connectivity index (χ0) is 23.9. The highest BCUT2D eigenvalue weighted by atomic mass is 35.5. The van der Waals surface area contributed by atoms with Gasteiger partial charge in [-0.15, -0.1) is 0 Å². The molecule has 1 unspecified atom stereocenters. The van der Waals surface area contributed by atoms with Crippen molar-refractivity contribution in [1.82, 2.24) is 4.31 Å². The summed E-state index contributed by atoms with van der Waals surface area (Å²) in [6, 6.07) is 12.2. The quantitative estimate of drug-likeness (QED) is 0.327. The topological polar surface area (TPSA) is 116 Å². The van der Waals surface area contributed by atoms with Gasteiger partial charge in [0.05, 0.1) is 16.8 Å². The van der Waals surface area contributed by atoms with E-state index < -0.39 is 31.5 Å². The van der Waals surface area contributed by atoms with Gasteiger partial charge in [-0.2, -0.15) is 0 Å². The van der Waals surface area contributed by atoms with Crippen molar-refractivity contribution in [2.75, 3.05) is 24.7 Å². The molecule has 0 spiro atoms. The van der Waals surface area contributed by atoms with Gasteiger partial charge in [-0.25, -0.2) is 12.7 Å². The fraction of sp³-hybridized carbons (Fsp3) is 0.304. The maximum Gasteiger partial charge on any atom is 0.253 e. The Bertz CT molecular complexity index is 1360. The van der Waals surface area contributed by atoms with E-state index in [2.05, 4.69) is 10.6 Å². The normalized spacial score (nSPS) is 15.4. The highest BCUT2D eigenvalue weighted by Gasteiger charge is 2.33. The summed E-state index contributed by atoms with van der Waals surface area (Å²) in [5.41, 5.74) is -0.348. The van der Waals surface area contributed by atoms with Crippen LogP contribution in [0.5, 0.6) is 5.75 Å². The van der Waals surface area contributed by atoms with E-state index >= 15 is 0 Å². The van der Waals surface area contributed by atoms with Crippen LogP contribution in [-0.4, -0.2) is 31.9 Å². The first-order chi connectivity index (χ1) is 15.6. The van der Waals surface area contributed by atoms with Gasteiger partial charge in [0.1, 0.15) is 16.3 Å². The number of anilines is 3. The van der Waals surface area contributed by atoms with Crippen molar-refractivity contribution >= 4 is 38.7 Å². The second-order valence-electron chi connectivity index (χ2n) is 8.32. The standard InChI is InChI=1S/C23H24ClN3O5S/c1-27(2)33(31,32)23-15(24)11-12-16(20(23)28)25-18-19(22(30)21(18)29)26-17(14-9-6-10-14)13-7-4-3-5-8-13/h3-5,7-8,11-12,14,17,25-26,28H,6,9-10H2,1-2H3. The summed E-state index contributed by atoms with van der Waals surface area (Å²) in [6.07, 6.45) is 3.12. The van der Waals surface area contributed by atoms with E-state index in [-0.39, 0.29) is 28.1 Å². The molecule has 8 nitrogen and oxygen atoms in total. The predicted molar refractivity (Wildman–Crippen MR) is 129 cm³/mol. The summed E-state index contributed by atoms with van der Waals surface area (Å²) in [5, 5.41) is 16.5. The van der Waals surface area contributed by atoms with Crippen LogP contribution < -0.4 is 21.5 Å². The fourth-order valence-electron chi connectivity index (χ4n) is 3.92. The maximum atomic E-state index is 12.6. The second kappa shape index (κ2) is 8.81. The number of benzene rings is 2. The summed E-state index contributed by atoms with van der Waals surface area (Å²) < 4.78 is 26.1. The number of sulfonamides is 1. The van der Waals surface area contributed by atoms with Gasteiger partial charge in [0, 0.05) is 14.1 Å². The summed E-state index contributed by atoms with van der Waals surface area (Å²) in [5.74, 6) is -0.306. The van der Waals surface area contributed by atoms with E-state index in [0.29, 0.717) is 5.92 Å². The summed E-state index contributed by atoms with van der Waals surface area (Å²) in [4.78, 5) is 24.3. The number of hydrogen-bond donors (Lipinski definition) is 3. The number of hydrogen-bond acceptors (Lipinski definition) is 7. The molecule has 1 aliphatic carbocycles. The minimum atomic E-state index is -4.06. The van der Waals surface area contributed by atoms with Crippen LogP contribution in [0.2, 0.25) is 5.02 Å². The lowest BCUT2D eigenvalue weighted by atomic mass is 9.77. The van der Waals surface area contributed by atoms with Gasteiger partial charge < -0.3 is 15.7 Å². The minimum absolute atomic E-state index is 0.0221. The minimum Gasteiger partial charge on any atom is -0.504 e. The van der Waals surface area contributed by atoms with Gasteiger partial charge in [-0.3, -0.25) is 9.59 Å². The average Bonchev–Trinajstić information content (AvgIpc) is 2.75. The first-order valence-electron chi connectivity index (χ1n) is 10.5. The molecule has 1 aliphatic rings. The highest BCUT2D eigenvalue weighted by molar-refractivity contribution is 7.89. The van der Waals surface area contributed by atoms with Gasteiger partial charge in [-0.1, -0.05) is 48.4 Å². The molecule has 1 fully saturated rings. The van der Waals surface area contributed by atoms with E-state index in [1.165, 1.54) is 26.2 Å². The van der Waals surface area contributed by atoms with E-state index in [1.807, 2.05) is 30.3 Å². The van der Waals surface area contributed by atoms with Crippen molar-refractivity contribution in [2.24, 2.45) is 5.92 Å². The third kappa shape index (κ3) is 4.12. The molecule has 4 rings (SSSR count). The van der Waals surface area contributed by atoms with Gasteiger partial charge in [0.25, 0.3) is 10.9 Å². The third-order valence-electron chi connectivity index (χ3n) is 6.07. The smallest absolute Gasteiger partial charge is 0.253 e. The number of halogens is 1. The lowest BCUT2D eigenvalue weighted by Crippen LogP contribution is -2.39. The molecule has 10 heteroatoms. The zero-order valence-corrected chi connectivity index (χ0v) is 19.7. The molecule has 3 aromatic carbocycles. The summed E-state index contributed by atoms with van der Waals surface area (Å²) in [7, 11) is -1.43. The molecule has 0 amide bonds. The largest absolute Gasteiger partial charge is 0.504 e. The Morgan fingerprint density at radius 3 is 2.24 bits per heavy atom. The number of phenols is 1. The number of nitrogens with zero attached hydrogens (tertiary/aromatic N) is 1. The Morgan fingerprint density at radius 1 is 1.03 bits per heavy atom. The molecule has 174 valence electrons. The van der Waals surface area contributed by atoms with Gasteiger partial charge in [-0.05, 0) is 36.5 Å². The molecule has 0 bridgehead atoms. The average molecular weight is 490 g/mol. The number of aromatic hydroxyl groups is 1. The van der Waals surface area contributed by atoms with Crippen molar-refractivity contribution in [3.05, 3.63) is 73.5 Å². The van der Waals surface area contributed by atoms with Crippen LogP contribution in [0.25, 0.3) is 0 Å². The Labute approximate surface area is 196 Å². The second-order valence-corrected chi connectivity index (χ2v) is 10.8. The van der Waals surface area contributed by atoms with Gasteiger partial charge in [0.15, 0.2) is 5.75 Å². The predicted octanol–water partition coefficient (Wildman–Crippen LogP) is 3.59. The fourth-order valence-corrected chi connectivity index (χ4v) is 5.40. The van der Waals surface area contributed by atoms with Crippen molar-refractivity contribution in [3.8, 4) is 5.75 Å². The number of nitrogens with one attached hydrogen (secondary N) is 2. The lowest BCUT2D eigenvalue weighted by Gasteiger charge is -2.35. The first kappa shape index (κ1) is 23.3. The third-order valence-corrected chi connectivity index (χ3v) is 8.39. The van der Waals surface area contributed by atoms with Crippen LogP contribution >= 0.6 is 11.6 Å². The van der Waals surface area contributed by atoms with Crippen molar-refractivity contribution in [3.63, 3.8) is 0 Å². The van der Waals surface area contributed by atoms with Crippen LogP contribution in [0.1, 0.15) is 30.9 Å². The van der Waals surface area contributed by atoms with Crippen LogP contribution in [0, 0.1) is 5.92 Å². The molecular formula is C23H24ClN3O5S. The summed E-state index contributed by atoms with van der Waals surface area (Å²) >= 11 is 6.05. The SMILES string of the molecule is CN(C)S(=O)(=O)c1c(Cl)ccc(Nc2c(NC(c3ccccc3)C3CCC3)c(=O)c2=O)c1O. The first-order valence-corrected chi connectivity index (χ1v) is 12.3. The number of phenolic OH excluding ortho intramolecular Hbond substituents is 1. The molecule has 3 aromatic rings. The van der Waals surface area contributed by atoms with Crippen molar-refractivity contribution in [1.29, 1.82) is 0 Å². The van der Waals surface area contributed by atoms with E-state index in [1.54, 1.807) is 0 Å². The molecule has 33 heavy (non-hydrogen) atoms. The van der Waals surface area contributed by atoms with Crippen LogP contribution in [0.4, 0.5) is 17.1 Å². The maximum absolute atomic E-state index is 12.6. The Kier molecular flexibility index (Phi) is 6.22. The molecule has 0 aliphatic heterocycles. The summed E-state index contributed by atoms with van der Waals surface area (Å²) in [6.45, 7) is 0. The monoisotopic (exact) mass is 489 g/mol. The van der Waals surface area contributed by atoms with Crippen LogP contribution in [0.15, 0.2) is 56.9 Å². The Balaban J connectivity index is 1.69. The molecule has 3 N–H and O–H groups in total. The van der Waals surface area contributed by atoms with Gasteiger partial charge >= 0.3 is 0 Å². The molecule has 0 radical (unpaired) electrons. The molecule has 0 aromatic heterocycles. The van der Waals surface area contributed by atoms with Crippen LogP contribution in [0.3, 0.4) is 0 Å². The van der Waals surface area contributed by atoms with E-state index in [4.69, 9.17) is 11.6 Å². The van der Waals surface area contributed by atoms with Crippen molar-refractivity contribution in [2.45, 2.75) is 30.2 Å². The van der Waals surface area contributed by atoms with Crippen LogP contribution in [-0.2, 0) is 10.0 Å². The zero-order valence-electron chi connectivity index (χ0n) is 18.1. The molecule has 0 heterocycles. The molecular weight excluding hydrogens is 466 g/mol. The molecule has 0 saturated heterocycles. The molecule has 1 saturated carbocycles. The lowest BCUT2D eigenvalue weighted by molar-refractivity contribution is 0.277. The van der Waals surface area contributed by atoms with Crippen molar-refractivity contribution < 1.29 is 13.5 Å². The molecule has 1 atom stereocenters. The Morgan fingerprint density at radius 2 is 1.67 bits per heavy atom. The van der Waals surface area contributed by atoms with E-state index in [9.17, 15) is 23.1 Å². The van der Waals surface area contributed by atoms with E-state index in [0.717, 1.165) is 29.1 Å². The highest BCUT2D eigenvalue weighted by Crippen LogP contribution is 2.42. The number of rotatable bonds is 8.